The smallest absolute Gasteiger partial charge is 0.331 e. The van der Waals surface area contributed by atoms with E-state index in [1.54, 1.807) is 14.2 Å². The second kappa shape index (κ2) is 14.2. The Hall–Kier alpha value is -4.41. The number of aliphatic hydroxyl groups is 1. The first kappa shape index (κ1) is 38.1. The molecule has 0 saturated carbocycles. The van der Waals surface area contributed by atoms with Gasteiger partial charge in [-0.2, -0.15) is 0 Å². The van der Waals surface area contributed by atoms with Gasteiger partial charge in [0, 0.05) is 47.5 Å². The largest absolute Gasteiger partial charge is 0.504 e. The number of phenols is 1. The second-order valence-electron chi connectivity index (χ2n) is 15.8. The van der Waals surface area contributed by atoms with Crippen LogP contribution in [0.25, 0.3) is 0 Å². The fourth-order valence-corrected chi connectivity index (χ4v) is 12.0. The third kappa shape index (κ3) is 5.52. The van der Waals surface area contributed by atoms with Gasteiger partial charge in [0.1, 0.15) is 18.6 Å². The van der Waals surface area contributed by atoms with Crippen molar-refractivity contribution in [3.05, 3.63) is 62.7 Å². The molecule has 0 radical (unpaired) electrons. The van der Waals surface area contributed by atoms with Crippen LogP contribution >= 0.6 is 11.8 Å². The number of carbonyl (C=O) groups excluding carboxylic acids is 2. The van der Waals surface area contributed by atoms with E-state index in [1.165, 1.54) is 18.7 Å². The number of aryl methyl sites for hydroxylation is 1. The van der Waals surface area contributed by atoms with Crippen molar-refractivity contribution < 1.29 is 53.0 Å². The van der Waals surface area contributed by atoms with E-state index in [0.29, 0.717) is 82.7 Å². The summed E-state index contributed by atoms with van der Waals surface area (Å²) in [4.78, 5) is 32.0. The molecule has 3 aromatic carbocycles. The molecular formula is C42H49N3O11S. The van der Waals surface area contributed by atoms with Gasteiger partial charge in [-0.15, -0.1) is 11.8 Å². The number of aliphatic hydroxyl groups excluding tert-OH is 1. The minimum absolute atomic E-state index is 0.0492. The fourth-order valence-electron chi connectivity index (χ4n) is 10.3. The van der Waals surface area contributed by atoms with E-state index in [2.05, 4.69) is 10.2 Å². The number of methoxy groups -OCH3 is 2. The number of ether oxygens (including phenoxy) is 7. The van der Waals surface area contributed by atoms with Gasteiger partial charge in [0.15, 0.2) is 40.0 Å². The number of benzene rings is 3. The van der Waals surface area contributed by atoms with E-state index >= 15 is 0 Å². The first-order valence-electron chi connectivity index (χ1n) is 19.5. The van der Waals surface area contributed by atoms with Crippen LogP contribution in [0, 0.1) is 13.8 Å². The summed E-state index contributed by atoms with van der Waals surface area (Å²) in [5.74, 6) is 2.07. The van der Waals surface area contributed by atoms with Crippen molar-refractivity contribution in [2.24, 2.45) is 0 Å². The van der Waals surface area contributed by atoms with Gasteiger partial charge in [0.2, 0.25) is 6.79 Å². The highest BCUT2D eigenvalue weighted by atomic mass is 32.2. The van der Waals surface area contributed by atoms with Crippen molar-refractivity contribution in [1.29, 1.82) is 0 Å². The SMILES string of the molecule is CCCOc1cc2c(cc1OC)[C@@]1(CS[C@@H]3c4c(OC(C)=O)c(C)c5c(c4[C@@H](COC1=O)N1C3[C@H]3c4c(cc(C)c(OC)c4O)C[C@H]([C@@H]1O)N3C)OCO5)NCC2. The van der Waals surface area contributed by atoms with E-state index in [1.807, 2.05) is 50.9 Å². The number of phenolic OH excluding ortho intramolecular Hbond substituents is 1. The summed E-state index contributed by atoms with van der Waals surface area (Å²) in [6, 6.07) is 3.73. The molecule has 7 aliphatic rings. The Bertz CT molecular complexity index is 2180. The topological polar surface area (TPSA) is 158 Å². The molecular weight excluding hydrogens is 755 g/mol. The first-order valence-corrected chi connectivity index (χ1v) is 20.6. The van der Waals surface area contributed by atoms with Gasteiger partial charge in [-0.1, -0.05) is 13.0 Å². The van der Waals surface area contributed by atoms with E-state index in [4.69, 9.17) is 33.2 Å². The van der Waals surface area contributed by atoms with E-state index in [9.17, 15) is 19.8 Å². The van der Waals surface area contributed by atoms with Crippen LogP contribution in [0.4, 0.5) is 0 Å². The molecule has 304 valence electrons. The van der Waals surface area contributed by atoms with E-state index in [0.717, 1.165) is 28.7 Å². The summed E-state index contributed by atoms with van der Waals surface area (Å²) in [6.45, 7) is 7.97. The van der Waals surface area contributed by atoms with Crippen molar-refractivity contribution in [3.63, 3.8) is 0 Å². The van der Waals surface area contributed by atoms with Crippen molar-refractivity contribution in [2.45, 2.75) is 88.1 Å². The molecule has 14 nitrogen and oxygen atoms in total. The van der Waals surface area contributed by atoms with Crippen molar-refractivity contribution in [3.8, 4) is 40.2 Å². The number of hydrogen-bond donors (Lipinski definition) is 3. The van der Waals surface area contributed by atoms with Gasteiger partial charge in [0.05, 0.1) is 44.2 Å². The Morgan fingerprint density at radius 2 is 1.82 bits per heavy atom. The van der Waals surface area contributed by atoms with Crippen molar-refractivity contribution in [1.82, 2.24) is 15.1 Å². The Labute approximate surface area is 335 Å². The molecule has 3 N–H and O–H groups in total. The number of hydrogen-bond acceptors (Lipinski definition) is 15. The Kier molecular flexibility index (Phi) is 9.47. The minimum Gasteiger partial charge on any atom is -0.504 e. The zero-order valence-corrected chi connectivity index (χ0v) is 34.0. The number of nitrogens with zero attached hydrogens (tertiary/aromatic N) is 2. The van der Waals surface area contributed by atoms with Crippen LogP contribution in [-0.2, 0) is 32.7 Å². The number of rotatable bonds is 6. The molecule has 4 bridgehead atoms. The lowest BCUT2D eigenvalue weighted by molar-refractivity contribution is -0.186. The van der Waals surface area contributed by atoms with Crippen LogP contribution in [0.5, 0.6) is 40.2 Å². The van der Waals surface area contributed by atoms with Crippen LogP contribution in [0.15, 0.2) is 18.2 Å². The van der Waals surface area contributed by atoms with Gasteiger partial charge in [0.25, 0.3) is 0 Å². The predicted molar refractivity (Wildman–Crippen MR) is 209 cm³/mol. The number of thioether (sulfide) groups is 1. The van der Waals surface area contributed by atoms with Gasteiger partial charge in [-0.25, -0.2) is 4.79 Å². The van der Waals surface area contributed by atoms with Crippen LogP contribution in [0.2, 0.25) is 0 Å². The molecule has 1 unspecified atom stereocenters. The maximum atomic E-state index is 14.9. The minimum atomic E-state index is -1.31. The standard InChI is InChI=1S/C42H49N3O11S/c1-8-11-52-28-14-22-9-10-43-42(24(22)15-27(28)50-6)17-57-39-31-30(38-37(54-18-55-38)20(3)36(31)56-21(4)46)26(16-53-41(42)49)45-33(39)32-29-23(13-25(40(45)48)44(32)5)12-19(2)35(51-7)34(29)47/h12,14-15,25-26,32-33,39-40,43,47-48H,8-11,13,16-18H2,1-7H3/t25-,26-,32-,33?,39-,40+,42-/m1/s1. The molecule has 15 heteroatoms. The fraction of sp³-hybridized carbons (Fsp3) is 0.524. The number of piperazine rings is 1. The summed E-state index contributed by atoms with van der Waals surface area (Å²) in [6.07, 6.45) is 0.913. The van der Waals surface area contributed by atoms with Crippen LogP contribution in [0.1, 0.15) is 82.1 Å². The molecule has 2 fully saturated rings. The zero-order chi connectivity index (χ0) is 40.1. The molecule has 3 aromatic rings. The lowest BCUT2D eigenvalue weighted by Gasteiger charge is -2.62. The lowest BCUT2D eigenvalue weighted by Crippen LogP contribution is -2.70. The predicted octanol–water partition coefficient (Wildman–Crippen LogP) is 4.50. The average molecular weight is 804 g/mol. The number of fused-ring (bicyclic) bond motifs is 9. The highest BCUT2D eigenvalue weighted by Gasteiger charge is 2.61. The van der Waals surface area contributed by atoms with Crippen molar-refractivity contribution in [2.75, 3.05) is 53.6 Å². The molecule has 7 atom stereocenters. The van der Waals surface area contributed by atoms with Crippen LogP contribution in [0.3, 0.4) is 0 Å². The maximum Gasteiger partial charge on any atom is 0.331 e. The highest BCUT2D eigenvalue weighted by Crippen LogP contribution is 2.64. The third-order valence-corrected chi connectivity index (χ3v) is 14.2. The van der Waals surface area contributed by atoms with Crippen LogP contribution < -0.4 is 33.7 Å². The number of likely N-dealkylation sites (N-methyl/N-ethyl adjacent to an activating group) is 1. The van der Waals surface area contributed by atoms with Crippen molar-refractivity contribution >= 4 is 23.7 Å². The monoisotopic (exact) mass is 803 g/mol. The van der Waals surface area contributed by atoms with E-state index in [-0.39, 0.29) is 30.9 Å². The highest BCUT2D eigenvalue weighted by molar-refractivity contribution is 7.99. The van der Waals surface area contributed by atoms with Gasteiger partial charge >= 0.3 is 11.9 Å². The van der Waals surface area contributed by atoms with E-state index < -0.39 is 47.1 Å². The second-order valence-corrected chi connectivity index (χ2v) is 16.9. The molecule has 7 heterocycles. The third-order valence-electron chi connectivity index (χ3n) is 12.7. The summed E-state index contributed by atoms with van der Waals surface area (Å²) in [5, 5.41) is 27.7. The summed E-state index contributed by atoms with van der Waals surface area (Å²) >= 11 is 1.51. The quantitative estimate of drug-likeness (QED) is 0.236. The normalized spacial score (nSPS) is 28.5. The molecule has 0 aliphatic carbocycles. The first-order chi connectivity index (χ1) is 27.4. The number of nitrogens with one attached hydrogen (secondary N) is 1. The number of esters is 2. The number of aromatic hydroxyl groups is 1. The molecule has 2 saturated heterocycles. The molecule has 1 spiro atoms. The maximum absolute atomic E-state index is 14.9. The number of carbonyl (C=O) groups is 2. The molecule has 0 amide bonds. The Morgan fingerprint density at radius 3 is 2.56 bits per heavy atom. The Morgan fingerprint density at radius 1 is 1.04 bits per heavy atom. The zero-order valence-electron chi connectivity index (χ0n) is 33.2. The summed E-state index contributed by atoms with van der Waals surface area (Å²) in [7, 11) is 5.11. The van der Waals surface area contributed by atoms with Gasteiger partial charge in [-0.05, 0) is 74.5 Å². The molecule has 7 aliphatic heterocycles. The van der Waals surface area contributed by atoms with Gasteiger partial charge < -0.3 is 43.4 Å². The lowest BCUT2D eigenvalue weighted by atomic mass is 9.73. The molecule has 10 rings (SSSR count). The summed E-state index contributed by atoms with van der Waals surface area (Å²) in [5.41, 5.74) is 4.78. The molecule has 57 heavy (non-hydrogen) atoms. The van der Waals surface area contributed by atoms with Gasteiger partial charge in [-0.3, -0.25) is 19.9 Å². The molecule has 0 aromatic heterocycles. The van der Waals surface area contributed by atoms with Crippen LogP contribution in [-0.4, -0.2) is 104 Å². The summed E-state index contributed by atoms with van der Waals surface area (Å²) < 4.78 is 42.6. The average Bonchev–Trinajstić information content (AvgIpc) is 3.68. The Balaban J connectivity index is 1.29.